The van der Waals surface area contributed by atoms with Crippen molar-refractivity contribution in [2.45, 2.75) is 45.7 Å². The minimum atomic E-state index is 0.0777. The number of hydrogen-bond donors (Lipinski definition) is 1. The van der Waals surface area contributed by atoms with E-state index in [4.69, 9.17) is 5.73 Å². The van der Waals surface area contributed by atoms with E-state index in [1.165, 1.54) is 0 Å². The highest BCUT2D eigenvalue weighted by Crippen LogP contribution is 2.19. The Morgan fingerprint density at radius 2 is 2.16 bits per heavy atom. The quantitative estimate of drug-likeness (QED) is 0.865. The molecular formula is C15H21N3O. The van der Waals surface area contributed by atoms with Gasteiger partial charge in [0.2, 0.25) is 0 Å². The van der Waals surface area contributed by atoms with Crippen molar-refractivity contribution in [2.24, 2.45) is 5.73 Å². The Morgan fingerprint density at radius 1 is 1.42 bits per heavy atom. The maximum Gasteiger partial charge on any atom is 0.138 e. The maximum atomic E-state index is 12.0. The molecule has 1 aromatic heterocycles. The van der Waals surface area contributed by atoms with Crippen molar-refractivity contribution >= 4 is 16.7 Å². The summed E-state index contributed by atoms with van der Waals surface area (Å²) in [5.41, 5.74) is 7.66. The van der Waals surface area contributed by atoms with Crippen LogP contribution in [0.4, 0.5) is 0 Å². The summed E-state index contributed by atoms with van der Waals surface area (Å²) >= 11 is 0. The zero-order valence-corrected chi connectivity index (χ0v) is 11.6. The first kappa shape index (κ1) is 13.7. The number of carbonyl (C=O) groups excluding carboxylic acids is 1. The fourth-order valence-corrected chi connectivity index (χ4v) is 2.23. The summed E-state index contributed by atoms with van der Waals surface area (Å²) in [4.78, 5) is 12.0. The minimum absolute atomic E-state index is 0.0777. The van der Waals surface area contributed by atoms with Gasteiger partial charge in [-0.25, -0.2) is 0 Å². The van der Waals surface area contributed by atoms with Crippen LogP contribution in [-0.2, 0) is 17.8 Å². The molecule has 2 rings (SSSR count). The van der Waals surface area contributed by atoms with Crippen LogP contribution in [0.3, 0.4) is 0 Å². The van der Waals surface area contributed by atoms with E-state index in [0.29, 0.717) is 12.8 Å². The molecule has 0 aliphatic carbocycles. The van der Waals surface area contributed by atoms with Crippen molar-refractivity contribution in [2.75, 3.05) is 0 Å². The Hall–Kier alpha value is -1.68. The molecule has 0 spiro atoms. The number of para-hydroxylation sites is 1. The van der Waals surface area contributed by atoms with Gasteiger partial charge in [-0.1, -0.05) is 18.2 Å². The summed E-state index contributed by atoms with van der Waals surface area (Å²) in [5, 5.41) is 5.62. The number of aromatic nitrogens is 2. The minimum Gasteiger partial charge on any atom is -0.328 e. The van der Waals surface area contributed by atoms with Crippen molar-refractivity contribution in [1.29, 1.82) is 0 Å². The first-order valence-electron chi connectivity index (χ1n) is 6.83. The molecule has 2 aromatic rings. The standard InChI is InChI=1S/C15H21N3O/c1-3-18-15-7-5-4-6-13(15)14(17-18)10-12(19)9-8-11(2)16/h4-7,11H,3,8-10,16H2,1-2H3. The van der Waals surface area contributed by atoms with Gasteiger partial charge in [-0.2, -0.15) is 5.10 Å². The molecule has 1 heterocycles. The number of ketones is 1. The number of Topliss-reactive ketones (excluding diaryl/α,β-unsaturated/α-hetero) is 1. The van der Waals surface area contributed by atoms with Gasteiger partial charge in [-0.3, -0.25) is 9.48 Å². The van der Waals surface area contributed by atoms with Gasteiger partial charge in [0.15, 0.2) is 0 Å². The van der Waals surface area contributed by atoms with Crippen molar-refractivity contribution in [3.8, 4) is 0 Å². The van der Waals surface area contributed by atoms with Crippen molar-refractivity contribution in [3.63, 3.8) is 0 Å². The lowest BCUT2D eigenvalue weighted by atomic mass is 10.1. The zero-order valence-electron chi connectivity index (χ0n) is 11.6. The largest absolute Gasteiger partial charge is 0.328 e. The van der Waals surface area contributed by atoms with Crippen LogP contribution < -0.4 is 5.73 Å². The monoisotopic (exact) mass is 259 g/mol. The molecule has 0 saturated carbocycles. The van der Waals surface area contributed by atoms with E-state index in [9.17, 15) is 4.79 Å². The Balaban J connectivity index is 2.18. The predicted molar refractivity (Wildman–Crippen MR) is 77.0 cm³/mol. The van der Waals surface area contributed by atoms with E-state index in [1.807, 2.05) is 35.9 Å². The lowest BCUT2D eigenvalue weighted by Crippen LogP contribution is -2.17. The van der Waals surface area contributed by atoms with E-state index < -0.39 is 0 Å². The van der Waals surface area contributed by atoms with Crippen LogP contribution >= 0.6 is 0 Å². The highest BCUT2D eigenvalue weighted by Gasteiger charge is 2.13. The van der Waals surface area contributed by atoms with Crippen LogP contribution in [0.1, 0.15) is 32.4 Å². The Labute approximate surface area is 113 Å². The molecule has 1 aromatic carbocycles. The van der Waals surface area contributed by atoms with Crippen LogP contribution in [0.5, 0.6) is 0 Å². The van der Waals surface area contributed by atoms with Gasteiger partial charge in [0.1, 0.15) is 5.78 Å². The average Bonchev–Trinajstić information content (AvgIpc) is 2.75. The topological polar surface area (TPSA) is 60.9 Å². The van der Waals surface area contributed by atoms with Crippen LogP contribution in [0.25, 0.3) is 10.9 Å². The third kappa shape index (κ3) is 3.20. The van der Waals surface area contributed by atoms with E-state index >= 15 is 0 Å². The number of benzene rings is 1. The summed E-state index contributed by atoms with van der Waals surface area (Å²) < 4.78 is 1.95. The van der Waals surface area contributed by atoms with Gasteiger partial charge in [0, 0.05) is 24.4 Å². The molecule has 0 aliphatic heterocycles. The van der Waals surface area contributed by atoms with Crippen LogP contribution in [-0.4, -0.2) is 21.6 Å². The molecule has 0 aliphatic rings. The fraction of sp³-hybridized carbons (Fsp3) is 0.467. The first-order chi connectivity index (χ1) is 9.11. The van der Waals surface area contributed by atoms with Gasteiger partial charge in [-0.05, 0) is 26.3 Å². The van der Waals surface area contributed by atoms with Crippen LogP contribution in [0.15, 0.2) is 24.3 Å². The highest BCUT2D eigenvalue weighted by atomic mass is 16.1. The number of aryl methyl sites for hydroxylation is 1. The van der Waals surface area contributed by atoms with Gasteiger partial charge >= 0.3 is 0 Å². The molecule has 0 radical (unpaired) electrons. The number of fused-ring (bicyclic) bond motifs is 1. The van der Waals surface area contributed by atoms with Crippen molar-refractivity contribution in [3.05, 3.63) is 30.0 Å². The van der Waals surface area contributed by atoms with Gasteiger partial charge < -0.3 is 5.73 Å². The number of rotatable bonds is 6. The number of hydrogen-bond acceptors (Lipinski definition) is 3. The molecule has 0 saturated heterocycles. The summed E-state index contributed by atoms with van der Waals surface area (Å²) in [5.74, 6) is 0.212. The van der Waals surface area contributed by atoms with E-state index in [2.05, 4.69) is 12.0 Å². The molecule has 1 atom stereocenters. The lowest BCUT2D eigenvalue weighted by molar-refractivity contribution is -0.118. The second-order valence-corrected chi connectivity index (χ2v) is 5.01. The molecule has 19 heavy (non-hydrogen) atoms. The molecule has 102 valence electrons. The lowest BCUT2D eigenvalue weighted by Gasteiger charge is -2.03. The third-order valence-corrected chi connectivity index (χ3v) is 3.28. The number of nitrogens with zero attached hydrogens (tertiary/aromatic N) is 2. The van der Waals surface area contributed by atoms with E-state index in [-0.39, 0.29) is 11.8 Å². The maximum absolute atomic E-state index is 12.0. The number of carbonyl (C=O) groups is 1. The molecule has 0 amide bonds. The van der Waals surface area contributed by atoms with Crippen LogP contribution in [0, 0.1) is 0 Å². The Bertz CT molecular complexity index is 572. The first-order valence-corrected chi connectivity index (χ1v) is 6.83. The molecule has 4 nitrogen and oxygen atoms in total. The Kier molecular flexibility index (Phi) is 4.32. The van der Waals surface area contributed by atoms with E-state index in [1.54, 1.807) is 0 Å². The zero-order chi connectivity index (χ0) is 13.8. The average molecular weight is 259 g/mol. The summed E-state index contributed by atoms with van der Waals surface area (Å²) in [6.45, 7) is 4.80. The van der Waals surface area contributed by atoms with Gasteiger partial charge in [0.25, 0.3) is 0 Å². The summed E-state index contributed by atoms with van der Waals surface area (Å²) in [7, 11) is 0. The Morgan fingerprint density at radius 3 is 2.84 bits per heavy atom. The second kappa shape index (κ2) is 5.97. The molecule has 4 heteroatoms. The molecule has 0 fully saturated rings. The van der Waals surface area contributed by atoms with Crippen molar-refractivity contribution < 1.29 is 4.79 Å². The van der Waals surface area contributed by atoms with E-state index in [0.717, 1.165) is 29.6 Å². The summed E-state index contributed by atoms with van der Waals surface area (Å²) in [6, 6.07) is 8.14. The third-order valence-electron chi connectivity index (χ3n) is 3.28. The fourth-order valence-electron chi connectivity index (χ4n) is 2.23. The smallest absolute Gasteiger partial charge is 0.138 e. The normalized spacial score (nSPS) is 12.8. The molecular weight excluding hydrogens is 238 g/mol. The predicted octanol–water partition coefficient (Wildman–Crippen LogP) is 2.30. The van der Waals surface area contributed by atoms with Gasteiger partial charge in [-0.15, -0.1) is 0 Å². The number of nitrogens with two attached hydrogens (primary N) is 1. The molecule has 1 unspecified atom stereocenters. The molecule has 2 N–H and O–H groups in total. The SMILES string of the molecule is CCn1nc(CC(=O)CCC(C)N)c2ccccc21. The summed E-state index contributed by atoms with van der Waals surface area (Å²) in [6.07, 6.45) is 1.68. The van der Waals surface area contributed by atoms with Crippen molar-refractivity contribution in [1.82, 2.24) is 9.78 Å². The molecule has 0 bridgehead atoms. The van der Waals surface area contributed by atoms with Gasteiger partial charge in [0.05, 0.1) is 17.6 Å². The highest BCUT2D eigenvalue weighted by molar-refractivity contribution is 5.88. The second-order valence-electron chi connectivity index (χ2n) is 5.01. The van der Waals surface area contributed by atoms with Crippen LogP contribution in [0.2, 0.25) is 0 Å².